The number of carbonyl (C=O) groups is 5. The van der Waals surface area contributed by atoms with E-state index in [1.165, 1.54) is 96.3 Å². The van der Waals surface area contributed by atoms with E-state index in [1.54, 1.807) is 31.2 Å². The number of hydrogen-bond donors (Lipinski definition) is 7. The number of benzene rings is 2. The Morgan fingerprint density at radius 2 is 0.895 bits per heavy atom. The van der Waals surface area contributed by atoms with Crippen molar-refractivity contribution in [2.75, 3.05) is 18.4 Å². The second-order valence-corrected chi connectivity index (χ2v) is 26.3. The molecule has 1 heterocycles. The highest BCUT2D eigenvalue weighted by Gasteiger charge is 2.54. The number of halogens is 3. The zero-order valence-corrected chi connectivity index (χ0v) is 44.3. The molecule has 1 aliphatic heterocycles. The lowest BCUT2D eigenvalue weighted by Crippen LogP contribution is -2.62. The molecule has 14 nitrogen and oxygen atoms in total. The van der Waals surface area contributed by atoms with Gasteiger partial charge in [0.2, 0.25) is 5.91 Å². The molecule has 13 saturated carbocycles. The van der Waals surface area contributed by atoms with Crippen LogP contribution in [0.5, 0.6) is 5.75 Å². The molecule has 1 saturated heterocycles. The predicted molar refractivity (Wildman–Crippen MR) is 280 cm³/mol. The number of carbonyl (C=O) groups excluding carboxylic acids is 4. The topological polar surface area (TPSA) is 190 Å². The van der Waals surface area contributed by atoms with Gasteiger partial charge in [0.1, 0.15) is 5.75 Å². The Labute approximate surface area is 445 Å². The average Bonchev–Trinajstić information content (AvgIpc) is 3.39. The van der Waals surface area contributed by atoms with Gasteiger partial charge in [-0.2, -0.15) is 0 Å². The molecule has 0 aromatic heterocycles. The number of nitrogens with zero attached hydrogens (tertiary/aromatic N) is 1. The normalized spacial score (nSPS) is 36.9. The third-order valence-corrected chi connectivity index (χ3v) is 20.2. The van der Waals surface area contributed by atoms with E-state index in [-0.39, 0.29) is 64.0 Å². The molecule has 0 unspecified atom stereocenters. The first-order chi connectivity index (χ1) is 36.4. The highest BCUT2D eigenvalue weighted by molar-refractivity contribution is 5.90. The van der Waals surface area contributed by atoms with E-state index >= 15 is 0 Å². The fraction of sp³-hybridized carbons (Fsp3) is 0.712. The van der Waals surface area contributed by atoms with Gasteiger partial charge in [-0.15, -0.1) is 0 Å². The van der Waals surface area contributed by atoms with Crippen LogP contribution in [0.2, 0.25) is 0 Å². The highest BCUT2D eigenvalue weighted by atomic mass is 19.2. The van der Waals surface area contributed by atoms with E-state index in [0.717, 1.165) is 119 Å². The maximum Gasteiger partial charge on any atom is 0.335 e. The summed E-state index contributed by atoms with van der Waals surface area (Å²) in [5, 5.41) is 27.5. The molecule has 76 heavy (non-hydrogen) atoms. The number of likely N-dealkylation sites (tertiary alicyclic amines) is 1. The van der Waals surface area contributed by atoms with Crippen LogP contribution >= 0.6 is 0 Å². The fourth-order valence-corrected chi connectivity index (χ4v) is 18.3. The first-order valence-electron chi connectivity index (χ1n) is 29.1. The van der Waals surface area contributed by atoms with E-state index in [1.807, 2.05) is 4.90 Å². The Morgan fingerprint density at radius 1 is 0.513 bits per heavy atom. The van der Waals surface area contributed by atoms with Crippen LogP contribution in [-0.2, 0) is 4.79 Å². The first kappa shape index (κ1) is 52.8. The standard InChI is InChI=1S/C24H32N2O4.C18H29N3O2.C17H19F3N2O/c27-22(28)18-1-5-20(6-2-18)30-21-7-3-19(4-8-21)25-23(29)26-24-12-15-9-16(13-24)11-17(10-15)14-24;1-12(22)21-4-2-16(3-5-21)19-17(23)20-18-9-13-6-14(10-18)8-15(7-13)11-18;18-12-1-2-13(15(20)14(12)19)21-16(23)22-17-6-9-3-10(7-17)5-11(4-9)8-17/h1-2,5-6,15-17,19,21H,3-4,7-14H2,(H,27,28)(H2,25,26,29);13-16H,2-11H2,1H3,(H2,19,20,23);1-2,9-11H,3-8H2,(H2,21,22,23). The fourth-order valence-electron chi connectivity index (χ4n) is 18.3. The number of ether oxygens (including phenoxy) is 1. The van der Waals surface area contributed by atoms with Gasteiger partial charge < -0.3 is 46.6 Å². The van der Waals surface area contributed by atoms with Crippen LogP contribution in [0.1, 0.15) is 171 Å². The van der Waals surface area contributed by atoms with E-state index in [4.69, 9.17) is 9.84 Å². The number of anilines is 1. The molecule has 414 valence electrons. The van der Waals surface area contributed by atoms with Crippen molar-refractivity contribution in [2.24, 2.45) is 53.3 Å². The van der Waals surface area contributed by atoms with Gasteiger partial charge in [-0.3, -0.25) is 4.79 Å². The van der Waals surface area contributed by atoms with Gasteiger partial charge in [0.25, 0.3) is 0 Å². The van der Waals surface area contributed by atoms with Gasteiger partial charge in [0.15, 0.2) is 17.5 Å². The van der Waals surface area contributed by atoms with Crippen molar-refractivity contribution in [3.05, 3.63) is 59.4 Å². The minimum atomic E-state index is -1.57. The van der Waals surface area contributed by atoms with E-state index in [2.05, 4.69) is 31.9 Å². The Hall–Kier alpha value is -5.22. The van der Waals surface area contributed by atoms with Crippen LogP contribution in [0.4, 0.5) is 33.2 Å². The number of nitrogens with one attached hydrogen (secondary N) is 6. The van der Waals surface area contributed by atoms with Crippen LogP contribution in [-0.4, -0.2) is 87.9 Å². The van der Waals surface area contributed by atoms with Crippen LogP contribution in [0.3, 0.4) is 0 Å². The predicted octanol–water partition coefficient (Wildman–Crippen LogP) is 10.8. The van der Waals surface area contributed by atoms with Crippen molar-refractivity contribution in [3.8, 4) is 5.75 Å². The minimum Gasteiger partial charge on any atom is -0.490 e. The number of aromatic carboxylic acids is 1. The molecule has 2 aromatic rings. The van der Waals surface area contributed by atoms with E-state index in [0.29, 0.717) is 23.5 Å². The summed E-state index contributed by atoms with van der Waals surface area (Å²) in [4.78, 5) is 61.7. The summed E-state index contributed by atoms with van der Waals surface area (Å²) < 4.78 is 45.9. The maximum atomic E-state index is 13.7. The summed E-state index contributed by atoms with van der Waals surface area (Å²) in [5.74, 6) is 2.73. The number of urea groups is 3. The number of amides is 7. The van der Waals surface area contributed by atoms with Crippen molar-refractivity contribution in [1.82, 2.24) is 31.5 Å². The first-order valence-corrected chi connectivity index (χ1v) is 29.1. The largest absolute Gasteiger partial charge is 0.490 e. The Morgan fingerprint density at radius 3 is 1.28 bits per heavy atom. The number of piperidine rings is 1. The van der Waals surface area contributed by atoms with E-state index in [9.17, 15) is 37.1 Å². The monoisotopic (exact) mass is 1060 g/mol. The van der Waals surface area contributed by atoms with Crippen LogP contribution in [0.25, 0.3) is 0 Å². The lowest BCUT2D eigenvalue weighted by molar-refractivity contribution is -0.129. The highest BCUT2D eigenvalue weighted by Crippen LogP contribution is 2.58. The number of rotatable bonds is 9. The summed E-state index contributed by atoms with van der Waals surface area (Å²) in [6.07, 6.45) is 27.5. The third-order valence-electron chi connectivity index (χ3n) is 20.2. The van der Waals surface area contributed by atoms with Gasteiger partial charge in [-0.05, 0) is 244 Å². The van der Waals surface area contributed by atoms with Crippen LogP contribution in [0.15, 0.2) is 36.4 Å². The average molecular weight is 1060 g/mol. The lowest BCUT2D eigenvalue weighted by Gasteiger charge is -2.56. The van der Waals surface area contributed by atoms with Crippen molar-refractivity contribution in [1.29, 1.82) is 0 Å². The molecule has 7 N–H and O–H groups in total. The number of carboxylic acid groups (broad SMARTS) is 1. The second-order valence-electron chi connectivity index (χ2n) is 26.3. The zero-order chi connectivity index (χ0) is 52.9. The summed E-state index contributed by atoms with van der Waals surface area (Å²) >= 11 is 0. The number of hydrogen-bond acceptors (Lipinski definition) is 6. The molecule has 7 amide bonds. The molecule has 2 aromatic carbocycles. The van der Waals surface area contributed by atoms with Crippen LogP contribution in [0, 0.1) is 70.7 Å². The molecule has 12 bridgehead atoms. The zero-order valence-electron chi connectivity index (χ0n) is 44.3. The third kappa shape index (κ3) is 12.1. The molecule has 0 atom stereocenters. The summed E-state index contributed by atoms with van der Waals surface area (Å²) in [7, 11) is 0. The maximum absolute atomic E-state index is 13.7. The second kappa shape index (κ2) is 21.5. The molecule has 14 fully saturated rings. The minimum absolute atomic E-state index is 0.0191. The van der Waals surface area contributed by atoms with Gasteiger partial charge in [-0.1, -0.05) is 0 Å². The molecular weight excluding hydrogens is 976 g/mol. The van der Waals surface area contributed by atoms with Gasteiger partial charge in [0.05, 0.1) is 17.4 Å². The lowest BCUT2D eigenvalue weighted by atomic mass is 9.53. The smallest absolute Gasteiger partial charge is 0.335 e. The Kier molecular flexibility index (Phi) is 15.0. The van der Waals surface area contributed by atoms with Crippen LogP contribution < -0.4 is 36.6 Å². The van der Waals surface area contributed by atoms with Crippen molar-refractivity contribution in [3.63, 3.8) is 0 Å². The molecule has 0 spiro atoms. The molecule has 17 heteroatoms. The molecule has 0 radical (unpaired) electrons. The van der Waals surface area contributed by atoms with Crippen molar-refractivity contribution in [2.45, 2.75) is 196 Å². The van der Waals surface area contributed by atoms with E-state index < -0.39 is 29.5 Å². The summed E-state index contributed by atoms with van der Waals surface area (Å²) in [6.45, 7) is 3.14. The molecule has 16 rings (SSSR count). The summed E-state index contributed by atoms with van der Waals surface area (Å²) in [5.41, 5.74) is -0.153. The molecule has 13 aliphatic carbocycles. The van der Waals surface area contributed by atoms with Crippen molar-refractivity contribution >= 4 is 35.7 Å². The van der Waals surface area contributed by atoms with Gasteiger partial charge >= 0.3 is 24.1 Å². The van der Waals surface area contributed by atoms with Gasteiger partial charge in [0, 0.05) is 48.7 Å². The molecule has 14 aliphatic rings. The SMILES string of the molecule is CC(=O)N1CCC(NC(=O)NC23CC4CC(CC(C4)C2)C3)CC1.O=C(NC1CCC(Oc2ccc(C(=O)O)cc2)CC1)NC12CC3CC(CC(C3)C1)C2.O=C(Nc1ccc(F)c(F)c1F)NC12CC3CC(CC(C3)C1)C2. The Bertz CT molecular complexity index is 2390. The van der Waals surface area contributed by atoms with Crippen molar-refractivity contribution < 1.29 is 47.0 Å². The Balaban J connectivity index is 0.000000123. The quantitative estimate of drug-likeness (QED) is 0.122. The number of carboxylic acids is 1. The summed E-state index contributed by atoms with van der Waals surface area (Å²) in [6, 6.07) is 8.31. The van der Waals surface area contributed by atoms with Gasteiger partial charge in [-0.25, -0.2) is 32.3 Å². The molecular formula is C59H80F3N7O7.